The average Bonchev–Trinajstić information content (AvgIpc) is 3.05. The van der Waals surface area contributed by atoms with E-state index in [0.29, 0.717) is 11.5 Å². The Morgan fingerprint density at radius 3 is 2.67 bits per heavy atom. The zero-order valence-corrected chi connectivity index (χ0v) is 14.9. The van der Waals surface area contributed by atoms with E-state index < -0.39 is 5.97 Å². The van der Waals surface area contributed by atoms with Gasteiger partial charge in [-0.25, -0.2) is 4.79 Å². The molecule has 0 unspecified atom stereocenters. The maximum Gasteiger partial charge on any atom is 0.336 e. The van der Waals surface area contributed by atoms with Crippen molar-refractivity contribution >= 4 is 27.6 Å². The molecule has 0 amide bonds. The molecule has 1 aliphatic heterocycles. The van der Waals surface area contributed by atoms with Crippen molar-refractivity contribution < 1.29 is 9.90 Å². The van der Waals surface area contributed by atoms with Crippen molar-refractivity contribution in [1.29, 1.82) is 0 Å². The van der Waals surface area contributed by atoms with Gasteiger partial charge in [0.2, 0.25) is 0 Å². The molecular weight excluding hydrogens is 366 g/mol. The highest BCUT2D eigenvalue weighted by Gasteiger charge is 2.40. The zero-order valence-electron chi connectivity index (χ0n) is 13.3. The van der Waals surface area contributed by atoms with Gasteiger partial charge in [-0.05, 0) is 54.2 Å². The fraction of sp³-hybridized carbons (Fsp3) is 0.250. The number of hydrogen-bond donors (Lipinski definition) is 2. The van der Waals surface area contributed by atoms with Gasteiger partial charge in [0.15, 0.2) is 0 Å². The smallest absolute Gasteiger partial charge is 0.336 e. The molecule has 4 rings (SSSR count). The van der Waals surface area contributed by atoms with E-state index in [1.165, 1.54) is 5.56 Å². The molecule has 0 spiro atoms. The van der Waals surface area contributed by atoms with E-state index in [2.05, 4.69) is 57.7 Å². The summed E-state index contributed by atoms with van der Waals surface area (Å²) in [6, 6.07) is 12.2. The Balaban J connectivity index is 1.86. The number of aromatic carboxylic acids is 1. The average molecular weight is 384 g/mol. The number of benzene rings is 2. The van der Waals surface area contributed by atoms with Crippen LogP contribution in [-0.2, 0) is 0 Å². The topological polar surface area (TPSA) is 49.3 Å². The second kappa shape index (κ2) is 5.78. The summed E-state index contributed by atoms with van der Waals surface area (Å²) in [5.41, 5.74) is 4.67. The summed E-state index contributed by atoms with van der Waals surface area (Å²) in [6.07, 6.45) is 5.33. The van der Waals surface area contributed by atoms with E-state index in [0.717, 1.165) is 27.7 Å². The Labute approximate surface area is 149 Å². The number of halogens is 1. The molecule has 3 nitrogen and oxygen atoms in total. The van der Waals surface area contributed by atoms with Crippen LogP contribution >= 0.6 is 15.9 Å². The maximum atomic E-state index is 11.7. The van der Waals surface area contributed by atoms with Crippen LogP contribution in [0.5, 0.6) is 0 Å². The number of carbonyl (C=O) groups is 1. The van der Waals surface area contributed by atoms with Crippen molar-refractivity contribution in [2.45, 2.75) is 25.3 Å². The Hall–Kier alpha value is -2.07. The van der Waals surface area contributed by atoms with E-state index in [9.17, 15) is 9.90 Å². The van der Waals surface area contributed by atoms with Crippen LogP contribution in [0, 0.1) is 12.8 Å². The molecule has 122 valence electrons. The van der Waals surface area contributed by atoms with Crippen LogP contribution in [0.25, 0.3) is 0 Å². The number of nitrogens with one attached hydrogen (secondary N) is 1. The Bertz CT molecular complexity index is 841. The standard InChI is InChI=1S/C20H18BrNO2/c1-11-5-10-16(20(23)24)17-14-3-2-4-15(14)19(22-18(11)17)12-6-8-13(21)9-7-12/h2-3,5-10,14-15,19,22H,4H2,1H3,(H,23,24)/t14-,15-,19+/m0/s1. The van der Waals surface area contributed by atoms with Gasteiger partial charge >= 0.3 is 5.97 Å². The van der Waals surface area contributed by atoms with Crippen molar-refractivity contribution in [3.05, 3.63) is 75.3 Å². The molecule has 2 N–H and O–H groups in total. The molecule has 0 bridgehead atoms. The predicted octanol–water partition coefficient (Wildman–Crippen LogP) is 5.28. The highest BCUT2D eigenvalue weighted by molar-refractivity contribution is 9.10. The molecule has 24 heavy (non-hydrogen) atoms. The van der Waals surface area contributed by atoms with Crippen LogP contribution in [0.2, 0.25) is 0 Å². The predicted molar refractivity (Wildman–Crippen MR) is 98.6 cm³/mol. The third-order valence-corrected chi connectivity index (χ3v) is 5.72. The van der Waals surface area contributed by atoms with Gasteiger partial charge in [0.05, 0.1) is 11.6 Å². The molecule has 0 saturated heterocycles. The van der Waals surface area contributed by atoms with Gasteiger partial charge in [0.1, 0.15) is 0 Å². The van der Waals surface area contributed by atoms with Gasteiger partial charge in [-0.15, -0.1) is 0 Å². The van der Waals surface area contributed by atoms with Crippen LogP contribution in [0.15, 0.2) is 53.0 Å². The van der Waals surface area contributed by atoms with Crippen LogP contribution in [-0.4, -0.2) is 11.1 Å². The highest BCUT2D eigenvalue weighted by Crippen LogP contribution is 2.51. The summed E-state index contributed by atoms with van der Waals surface area (Å²) in [4.78, 5) is 11.7. The van der Waals surface area contributed by atoms with E-state index >= 15 is 0 Å². The van der Waals surface area contributed by atoms with Gasteiger partial charge in [-0.1, -0.05) is 46.3 Å². The number of allylic oxidation sites excluding steroid dienone is 2. The molecular formula is C20H18BrNO2. The number of anilines is 1. The van der Waals surface area contributed by atoms with E-state index in [1.54, 1.807) is 6.07 Å². The second-order valence-electron chi connectivity index (χ2n) is 6.55. The van der Waals surface area contributed by atoms with E-state index in [1.807, 2.05) is 13.0 Å². The minimum atomic E-state index is -0.853. The van der Waals surface area contributed by atoms with Crippen LogP contribution in [0.1, 0.15) is 45.4 Å². The van der Waals surface area contributed by atoms with Crippen molar-refractivity contribution in [1.82, 2.24) is 0 Å². The lowest BCUT2D eigenvalue weighted by molar-refractivity contribution is 0.0695. The molecule has 1 heterocycles. The summed E-state index contributed by atoms with van der Waals surface area (Å²) in [6.45, 7) is 2.04. The normalized spacial score (nSPS) is 24.2. The molecule has 2 aromatic rings. The van der Waals surface area contributed by atoms with Crippen LogP contribution in [0.4, 0.5) is 5.69 Å². The summed E-state index contributed by atoms with van der Waals surface area (Å²) in [7, 11) is 0. The first kappa shape index (κ1) is 15.5. The quantitative estimate of drug-likeness (QED) is 0.693. The van der Waals surface area contributed by atoms with Crippen molar-refractivity contribution in [3.63, 3.8) is 0 Å². The number of fused-ring (bicyclic) bond motifs is 3. The van der Waals surface area contributed by atoms with Crippen LogP contribution in [0.3, 0.4) is 0 Å². The van der Waals surface area contributed by atoms with Gasteiger partial charge in [0, 0.05) is 16.1 Å². The van der Waals surface area contributed by atoms with Crippen LogP contribution < -0.4 is 5.32 Å². The lowest BCUT2D eigenvalue weighted by Gasteiger charge is -2.39. The largest absolute Gasteiger partial charge is 0.478 e. The van der Waals surface area contributed by atoms with Gasteiger partial charge in [-0.3, -0.25) is 0 Å². The number of carboxylic acid groups (broad SMARTS) is 1. The molecule has 4 heteroatoms. The van der Waals surface area contributed by atoms with Gasteiger partial charge in [0.25, 0.3) is 0 Å². The summed E-state index contributed by atoms with van der Waals surface area (Å²) in [5.74, 6) is -0.353. The molecule has 2 aliphatic rings. The summed E-state index contributed by atoms with van der Waals surface area (Å²) >= 11 is 3.49. The molecule has 1 aliphatic carbocycles. The molecule has 0 fully saturated rings. The maximum absolute atomic E-state index is 11.7. The lowest BCUT2D eigenvalue weighted by atomic mass is 9.75. The number of aryl methyl sites for hydroxylation is 1. The monoisotopic (exact) mass is 383 g/mol. The molecule has 0 saturated carbocycles. The third-order valence-electron chi connectivity index (χ3n) is 5.19. The first-order valence-electron chi connectivity index (χ1n) is 8.11. The molecule has 3 atom stereocenters. The minimum absolute atomic E-state index is 0.154. The zero-order chi connectivity index (χ0) is 16.8. The van der Waals surface area contributed by atoms with Gasteiger partial charge < -0.3 is 10.4 Å². The van der Waals surface area contributed by atoms with Crippen molar-refractivity contribution in [3.8, 4) is 0 Å². The summed E-state index contributed by atoms with van der Waals surface area (Å²) in [5, 5.41) is 13.3. The SMILES string of the molecule is Cc1ccc(C(=O)O)c2c1N[C@H](c1ccc(Br)cc1)[C@H]1CC=C[C@H]21. The second-order valence-corrected chi connectivity index (χ2v) is 7.47. The molecule has 2 aromatic carbocycles. The Kier molecular flexibility index (Phi) is 3.72. The lowest BCUT2D eigenvalue weighted by Crippen LogP contribution is -2.31. The van der Waals surface area contributed by atoms with Gasteiger partial charge in [-0.2, -0.15) is 0 Å². The fourth-order valence-corrected chi connectivity index (χ4v) is 4.31. The Morgan fingerprint density at radius 2 is 1.96 bits per heavy atom. The molecule has 0 radical (unpaired) electrons. The number of rotatable bonds is 2. The number of carboxylic acids is 1. The minimum Gasteiger partial charge on any atom is -0.478 e. The van der Waals surface area contributed by atoms with Crippen molar-refractivity contribution in [2.75, 3.05) is 5.32 Å². The fourth-order valence-electron chi connectivity index (χ4n) is 4.04. The van der Waals surface area contributed by atoms with Crippen molar-refractivity contribution in [2.24, 2.45) is 5.92 Å². The highest BCUT2D eigenvalue weighted by atomic mass is 79.9. The van der Waals surface area contributed by atoms with E-state index in [4.69, 9.17) is 0 Å². The number of hydrogen-bond acceptors (Lipinski definition) is 2. The molecule has 0 aromatic heterocycles. The summed E-state index contributed by atoms with van der Waals surface area (Å²) < 4.78 is 1.06. The first-order chi connectivity index (χ1) is 11.6. The third kappa shape index (κ3) is 2.37. The first-order valence-corrected chi connectivity index (χ1v) is 8.91. The van der Waals surface area contributed by atoms with E-state index in [-0.39, 0.29) is 12.0 Å². The Morgan fingerprint density at radius 1 is 1.21 bits per heavy atom.